The number of amides is 1. The molecule has 1 saturated carbocycles. The van der Waals surface area contributed by atoms with E-state index < -0.39 is 35.2 Å². The monoisotopic (exact) mass is 619 g/mol. The summed E-state index contributed by atoms with van der Waals surface area (Å²) in [5.74, 6) is -2.16. The van der Waals surface area contributed by atoms with Gasteiger partial charge >= 0.3 is 12.1 Å². The molecule has 0 spiro atoms. The van der Waals surface area contributed by atoms with Gasteiger partial charge in [0.15, 0.2) is 0 Å². The Morgan fingerprint density at radius 1 is 1.07 bits per heavy atom. The molecule has 8 nitrogen and oxygen atoms in total. The number of fused-ring (bicyclic) bond motifs is 1. The fourth-order valence-corrected chi connectivity index (χ4v) is 7.27. The maximum atomic E-state index is 14.2. The minimum absolute atomic E-state index is 0.0357. The van der Waals surface area contributed by atoms with Gasteiger partial charge in [-0.25, -0.2) is 9.18 Å². The average molecular weight is 620 g/mol. The number of methoxy groups -OCH3 is 1. The van der Waals surface area contributed by atoms with Gasteiger partial charge in [-0.1, -0.05) is 6.07 Å². The van der Waals surface area contributed by atoms with E-state index in [0.29, 0.717) is 49.5 Å². The molecule has 12 heteroatoms. The first kappa shape index (κ1) is 30.8. The number of carbonyl (C=O) groups is 2. The summed E-state index contributed by atoms with van der Waals surface area (Å²) < 4.78 is 66.5. The van der Waals surface area contributed by atoms with Gasteiger partial charge in [-0.15, -0.1) is 0 Å². The smallest absolute Gasteiger partial charge is 0.416 e. The summed E-state index contributed by atoms with van der Waals surface area (Å²) in [6, 6.07) is 7.92. The molecule has 1 N–H and O–H groups in total. The number of carboxylic acids is 1. The van der Waals surface area contributed by atoms with Crippen LogP contribution >= 0.6 is 0 Å². The summed E-state index contributed by atoms with van der Waals surface area (Å²) in [5, 5.41) is 9.33. The summed E-state index contributed by atoms with van der Waals surface area (Å²) in [7, 11) is 1.50. The minimum atomic E-state index is -4.48. The van der Waals surface area contributed by atoms with Crippen molar-refractivity contribution in [3.63, 3.8) is 0 Å². The molecule has 2 unspecified atom stereocenters. The van der Waals surface area contributed by atoms with Gasteiger partial charge in [0.1, 0.15) is 11.4 Å². The SMILES string of the molecule is COC1CN(C(=O)[C@@]2(C3CC3)CC[C@@H](N3CCN(c4ccc(F)c(C(=O)O)c4)C(C)C3)CO2)Cc2cc(C(F)(F)F)ccc21. The molecule has 44 heavy (non-hydrogen) atoms. The molecular weight excluding hydrogens is 582 g/mol. The number of nitrogens with zero attached hydrogens (tertiary/aromatic N) is 3. The molecule has 1 aliphatic carbocycles. The van der Waals surface area contributed by atoms with Gasteiger partial charge in [-0.2, -0.15) is 13.2 Å². The van der Waals surface area contributed by atoms with E-state index in [1.807, 2.05) is 6.92 Å². The van der Waals surface area contributed by atoms with E-state index in [1.54, 1.807) is 11.0 Å². The summed E-state index contributed by atoms with van der Waals surface area (Å²) in [6.45, 7) is 4.75. The van der Waals surface area contributed by atoms with Crippen LogP contribution in [0.1, 0.15) is 65.8 Å². The van der Waals surface area contributed by atoms with Crippen molar-refractivity contribution in [3.05, 3.63) is 64.5 Å². The number of piperazine rings is 1. The Labute approximate surface area is 253 Å². The molecule has 2 aromatic rings. The standard InChI is InChI=1S/C32H37F4N3O5/c1-19-15-37(11-12-39(19)23-6-8-27(33)26(14-23)29(40)41)24-9-10-31(44-18-24,21-3-4-21)30(42)38-16-20-13-22(32(34,35)36)5-7-25(20)28(17-38)43-2/h5-8,13-14,19,21,24,28H,3-4,9-12,15-18H2,1-2H3,(H,40,41)/t19?,24-,28?,31+/m1/s1. The van der Waals surface area contributed by atoms with E-state index in [4.69, 9.17) is 9.47 Å². The van der Waals surface area contributed by atoms with Crippen molar-refractivity contribution in [2.24, 2.45) is 5.92 Å². The highest BCUT2D eigenvalue weighted by Crippen LogP contribution is 2.49. The quantitative estimate of drug-likeness (QED) is 0.450. The van der Waals surface area contributed by atoms with Gasteiger partial charge in [0.05, 0.1) is 30.4 Å². The fourth-order valence-electron chi connectivity index (χ4n) is 7.27. The molecule has 238 valence electrons. The van der Waals surface area contributed by atoms with E-state index in [-0.39, 0.29) is 42.6 Å². The zero-order chi connectivity index (χ0) is 31.4. The summed E-state index contributed by atoms with van der Waals surface area (Å²) >= 11 is 0. The van der Waals surface area contributed by atoms with Crippen LogP contribution in [0.25, 0.3) is 0 Å². The van der Waals surface area contributed by atoms with Crippen LogP contribution in [0, 0.1) is 11.7 Å². The highest BCUT2D eigenvalue weighted by atomic mass is 19.4. The average Bonchev–Trinajstić information content (AvgIpc) is 3.86. The Hall–Kier alpha value is -3.22. The zero-order valence-electron chi connectivity index (χ0n) is 24.8. The lowest BCUT2D eigenvalue weighted by Crippen LogP contribution is -2.61. The van der Waals surface area contributed by atoms with Crippen LogP contribution in [-0.2, 0) is 27.0 Å². The number of alkyl halides is 3. The molecule has 0 radical (unpaired) electrons. The van der Waals surface area contributed by atoms with Crippen LogP contribution in [0.3, 0.4) is 0 Å². The Morgan fingerprint density at radius 3 is 2.45 bits per heavy atom. The van der Waals surface area contributed by atoms with Gasteiger partial charge < -0.3 is 24.4 Å². The van der Waals surface area contributed by atoms with Crippen molar-refractivity contribution < 1.29 is 41.7 Å². The summed E-state index contributed by atoms with van der Waals surface area (Å²) in [4.78, 5) is 31.6. The van der Waals surface area contributed by atoms with Crippen molar-refractivity contribution in [1.82, 2.24) is 9.80 Å². The minimum Gasteiger partial charge on any atom is -0.478 e. The third-order valence-electron chi connectivity index (χ3n) is 9.80. The molecule has 4 aliphatic rings. The van der Waals surface area contributed by atoms with Crippen LogP contribution in [0.5, 0.6) is 0 Å². The largest absolute Gasteiger partial charge is 0.478 e. The number of carbonyl (C=O) groups excluding carboxylic acids is 1. The molecule has 1 amide bonds. The molecule has 3 fully saturated rings. The highest BCUT2D eigenvalue weighted by Gasteiger charge is 2.56. The number of halogens is 4. The number of aromatic carboxylic acids is 1. The van der Waals surface area contributed by atoms with Crippen molar-refractivity contribution in [2.45, 2.75) is 69.1 Å². The van der Waals surface area contributed by atoms with Crippen LogP contribution in [0.2, 0.25) is 0 Å². The predicted octanol–water partition coefficient (Wildman–Crippen LogP) is 5.11. The van der Waals surface area contributed by atoms with Crippen LogP contribution in [-0.4, -0.2) is 84.4 Å². The molecule has 4 atom stereocenters. The molecule has 2 saturated heterocycles. The Morgan fingerprint density at radius 2 is 1.84 bits per heavy atom. The number of rotatable bonds is 6. The lowest BCUT2D eigenvalue weighted by molar-refractivity contribution is -0.178. The number of ether oxygens (including phenoxy) is 2. The second-order valence-corrected chi connectivity index (χ2v) is 12.5. The van der Waals surface area contributed by atoms with E-state index >= 15 is 0 Å². The van der Waals surface area contributed by atoms with Gasteiger partial charge in [0, 0.05) is 51.1 Å². The number of hydrogen-bond donors (Lipinski definition) is 1. The second kappa shape index (κ2) is 11.6. The van der Waals surface area contributed by atoms with Crippen LogP contribution in [0.15, 0.2) is 36.4 Å². The summed E-state index contributed by atoms with van der Waals surface area (Å²) in [6.07, 6.45) is -1.99. The number of benzene rings is 2. The molecule has 3 aliphatic heterocycles. The lowest BCUT2D eigenvalue weighted by Gasteiger charge is -2.49. The fraction of sp³-hybridized carbons (Fsp3) is 0.562. The molecule has 0 bridgehead atoms. The van der Waals surface area contributed by atoms with Crippen molar-refractivity contribution in [3.8, 4) is 0 Å². The number of carboxylic acid groups (broad SMARTS) is 1. The Bertz CT molecular complexity index is 1420. The third-order valence-corrected chi connectivity index (χ3v) is 9.80. The zero-order valence-corrected chi connectivity index (χ0v) is 24.8. The normalized spacial score (nSPS) is 28.1. The van der Waals surface area contributed by atoms with Gasteiger partial charge in [-0.3, -0.25) is 9.69 Å². The van der Waals surface area contributed by atoms with Crippen molar-refractivity contribution >= 4 is 17.6 Å². The Kier molecular flexibility index (Phi) is 8.13. The first-order chi connectivity index (χ1) is 20.9. The molecular formula is C32H37F4N3O5. The van der Waals surface area contributed by atoms with E-state index in [9.17, 15) is 32.3 Å². The predicted molar refractivity (Wildman–Crippen MR) is 153 cm³/mol. The number of hydrogen-bond acceptors (Lipinski definition) is 6. The lowest BCUT2D eigenvalue weighted by atomic mass is 9.84. The number of anilines is 1. The van der Waals surface area contributed by atoms with E-state index in [2.05, 4.69) is 9.80 Å². The topological polar surface area (TPSA) is 82.6 Å². The van der Waals surface area contributed by atoms with E-state index in [0.717, 1.165) is 31.4 Å². The highest BCUT2D eigenvalue weighted by molar-refractivity contribution is 5.89. The molecule has 0 aromatic heterocycles. The van der Waals surface area contributed by atoms with Crippen LogP contribution in [0.4, 0.5) is 23.2 Å². The van der Waals surface area contributed by atoms with Gasteiger partial charge in [0.25, 0.3) is 5.91 Å². The first-order valence-electron chi connectivity index (χ1n) is 15.1. The molecule has 2 aromatic carbocycles. The molecule has 3 heterocycles. The third kappa shape index (κ3) is 5.67. The van der Waals surface area contributed by atoms with Crippen molar-refractivity contribution in [1.29, 1.82) is 0 Å². The van der Waals surface area contributed by atoms with Gasteiger partial charge in [0.2, 0.25) is 0 Å². The van der Waals surface area contributed by atoms with Crippen LogP contribution < -0.4 is 4.90 Å². The Balaban J connectivity index is 1.13. The molecule has 6 rings (SSSR count). The second-order valence-electron chi connectivity index (χ2n) is 12.5. The maximum Gasteiger partial charge on any atom is 0.416 e. The van der Waals surface area contributed by atoms with E-state index in [1.165, 1.54) is 25.3 Å². The van der Waals surface area contributed by atoms with Crippen molar-refractivity contribution in [2.75, 3.05) is 44.8 Å². The summed E-state index contributed by atoms with van der Waals surface area (Å²) in [5.41, 5.74) is -0.326. The van der Waals surface area contributed by atoms with Gasteiger partial charge in [-0.05, 0) is 80.0 Å². The first-order valence-corrected chi connectivity index (χ1v) is 15.1. The maximum absolute atomic E-state index is 14.2.